The first-order valence-corrected chi connectivity index (χ1v) is 12.3. The third kappa shape index (κ3) is 6.23. The highest BCUT2D eigenvalue weighted by molar-refractivity contribution is 7.12. The van der Waals surface area contributed by atoms with Crippen LogP contribution in [0.15, 0.2) is 36.4 Å². The summed E-state index contributed by atoms with van der Waals surface area (Å²) in [7, 11) is 1.64. The second kappa shape index (κ2) is 11.1. The molecule has 1 unspecified atom stereocenters. The SMILES string of the molecule is COc1cc(Cl)c(-c2nc(C(N)C#C[C@@H](CC3CC3)c3ccc(Cl)cc3)sc2C)cc1C.Cl. The van der Waals surface area contributed by atoms with E-state index in [4.69, 9.17) is 38.7 Å². The minimum atomic E-state index is -0.445. The zero-order valence-electron chi connectivity index (χ0n) is 18.8. The van der Waals surface area contributed by atoms with Crippen LogP contribution >= 0.6 is 46.9 Å². The molecule has 1 heterocycles. The number of benzene rings is 2. The topological polar surface area (TPSA) is 48.1 Å². The molecular weight excluding hydrogens is 495 g/mol. The highest BCUT2D eigenvalue weighted by Crippen LogP contribution is 2.39. The van der Waals surface area contributed by atoms with Gasteiger partial charge >= 0.3 is 0 Å². The molecule has 1 aliphatic rings. The van der Waals surface area contributed by atoms with Crippen LogP contribution in [-0.2, 0) is 0 Å². The molecule has 1 fully saturated rings. The lowest BCUT2D eigenvalue weighted by molar-refractivity contribution is 0.412. The Morgan fingerprint density at radius 2 is 1.85 bits per heavy atom. The normalized spacial score (nSPS) is 14.6. The van der Waals surface area contributed by atoms with Crippen molar-refractivity contribution < 1.29 is 4.74 Å². The Morgan fingerprint density at radius 1 is 1.15 bits per heavy atom. The fraction of sp³-hybridized carbons (Fsp3) is 0.346. The lowest BCUT2D eigenvalue weighted by atomic mass is 9.94. The average Bonchev–Trinajstić information content (AvgIpc) is 3.52. The van der Waals surface area contributed by atoms with Crippen LogP contribution in [0, 0.1) is 31.6 Å². The Labute approximate surface area is 216 Å². The molecule has 2 atom stereocenters. The number of nitrogens with zero attached hydrogens (tertiary/aromatic N) is 1. The molecule has 2 N–H and O–H groups in total. The van der Waals surface area contributed by atoms with Gasteiger partial charge in [0.05, 0.1) is 17.8 Å². The quantitative estimate of drug-likeness (QED) is 0.337. The fourth-order valence-corrected chi connectivity index (χ4v) is 5.03. The Hall–Kier alpha value is -1.74. The van der Waals surface area contributed by atoms with E-state index in [9.17, 15) is 0 Å². The smallest absolute Gasteiger partial charge is 0.123 e. The molecule has 4 rings (SSSR count). The van der Waals surface area contributed by atoms with E-state index in [1.165, 1.54) is 18.4 Å². The van der Waals surface area contributed by atoms with Crippen LogP contribution in [0.25, 0.3) is 11.3 Å². The first kappa shape index (κ1) is 25.9. The van der Waals surface area contributed by atoms with Crippen molar-refractivity contribution in [2.75, 3.05) is 7.11 Å². The first-order chi connectivity index (χ1) is 15.4. The highest BCUT2D eigenvalue weighted by Gasteiger charge is 2.26. The van der Waals surface area contributed by atoms with Crippen LogP contribution in [0.1, 0.15) is 52.2 Å². The maximum absolute atomic E-state index is 6.53. The number of aromatic nitrogens is 1. The zero-order chi connectivity index (χ0) is 22.8. The number of hydrogen-bond acceptors (Lipinski definition) is 4. The largest absolute Gasteiger partial charge is 0.496 e. The van der Waals surface area contributed by atoms with E-state index < -0.39 is 6.04 Å². The first-order valence-electron chi connectivity index (χ1n) is 10.7. The van der Waals surface area contributed by atoms with E-state index in [-0.39, 0.29) is 18.3 Å². The summed E-state index contributed by atoms with van der Waals surface area (Å²) >= 11 is 14.2. The van der Waals surface area contributed by atoms with Gasteiger partial charge in [0.2, 0.25) is 0 Å². The molecule has 0 radical (unpaired) electrons. The van der Waals surface area contributed by atoms with Crippen molar-refractivity contribution >= 4 is 46.9 Å². The van der Waals surface area contributed by atoms with Crippen LogP contribution < -0.4 is 10.5 Å². The van der Waals surface area contributed by atoms with Crippen LogP contribution in [0.2, 0.25) is 10.0 Å². The van der Waals surface area contributed by atoms with Crippen molar-refractivity contribution in [2.45, 2.75) is 45.1 Å². The molecule has 3 aromatic rings. The maximum Gasteiger partial charge on any atom is 0.123 e. The standard InChI is InChI=1S/C26H26Cl2N2OS.ClH/c1-15-12-21(22(28)14-24(15)31-3)25-16(2)32-26(30-25)23(29)11-8-19(13-17-4-5-17)18-6-9-20(27)10-7-18;/h6-7,9-10,12,14,17,19,23H,4-5,13,29H2,1-3H3;1H/t19-,23?;/m0./s1. The molecule has 3 nitrogen and oxygen atoms in total. The number of ether oxygens (including phenoxy) is 1. The number of thiazole rings is 1. The summed E-state index contributed by atoms with van der Waals surface area (Å²) in [6.45, 7) is 4.03. The molecule has 0 spiro atoms. The summed E-state index contributed by atoms with van der Waals surface area (Å²) in [5, 5.41) is 2.15. The van der Waals surface area contributed by atoms with E-state index in [1.807, 2.05) is 38.1 Å². The van der Waals surface area contributed by atoms with E-state index in [2.05, 4.69) is 24.0 Å². The van der Waals surface area contributed by atoms with Gasteiger partial charge in [0.25, 0.3) is 0 Å². The number of halogens is 3. The molecule has 2 aromatic carbocycles. The van der Waals surface area contributed by atoms with E-state index in [1.54, 1.807) is 18.4 Å². The van der Waals surface area contributed by atoms with Crippen molar-refractivity contribution in [1.29, 1.82) is 0 Å². The Bertz CT molecular complexity index is 1180. The van der Waals surface area contributed by atoms with Gasteiger partial charge in [-0.15, -0.1) is 23.7 Å². The van der Waals surface area contributed by atoms with Gasteiger partial charge in [-0.05, 0) is 61.6 Å². The molecule has 174 valence electrons. The predicted molar refractivity (Wildman–Crippen MR) is 142 cm³/mol. The fourth-order valence-electron chi connectivity index (χ4n) is 3.78. The maximum atomic E-state index is 6.53. The number of nitrogens with two attached hydrogens (primary N) is 1. The molecule has 7 heteroatoms. The summed E-state index contributed by atoms with van der Waals surface area (Å²) in [4.78, 5) is 5.89. The van der Waals surface area contributed by atoms with Gasteiger partial charge in [0.1, 0.15) is 16.8 Å². The van der Waals surface area contributed by atoms with Gasteiger partial charge in [0.15, 0.2) is 0 Å². The minimum Gasteiger partial charge on any atom is -0.496 e. The Balaban J connectivity index is 0.00000306. The van der Waals surface area contributed by atoms with Crippen molar-refractivity contribution in [1.82, 2.24) is 4.98 Å². The third-order valence-electron chi connectivity index (χ3n) is 5.77. The monoisotopic (exact) mass is 520 g/mol. The molecule has 1 saturated carbocycles. The van der Waals surface area contributed by atoms with Gasteiger partial charge in [-0.25, -0.2) is 4.98 Å². The van der Waals surface area contributed by atoms with Crippen molar-refractivity contribution in [3.8, 4) is 28.8 Å². The molecule has 1 aliphatic carbocycles. The molecule has 0 amide bonds. The van der Waals surface area contributed by atoms with E-state index in [0.717, 1.165) is 49.8 Å². The van der Waals surface area contributed by atoms with Crippen molar-refractivity contribution in [3.05, 3.63) is 67.5 Å². The van der Waals surface area contributed by atoms with Crippen LogP contribution in [-0.4, -0.2) is 12.1 Å². The summed E-state index contributed by atoms with van der Waals surface area (Å²) in [5.41, 5.74) is 10.4. The number of methoxy groups -OCH3 is 1. The zero-order valence-corrected chi connectivity index (χ0v) is 22.0. The van der Waals surface area contributed by atoms with Gasteiger partial charge in [-0.3, -0.25) is 0 Å². The highest BCUT2D eigenvalue weighted by atomic mass is 35.5. The molecule has 1 aromatic heterocycles. The summed E-state index contributed by atoms with van der Waals surface area (Å²) in [5.74, 6) is 8.39. The average molecular weight is 522 g/mol. The summed E-state index contributed by atoms with van der Waals surface area (Å²) in [6.07, 6.45) is 3.63. The van der Waals surface area contributed by atoms with Gasteiger partial charge in [-0.1, -0.05) is 60.0 Å². The third-order valence-corrected chi connectivity index (χ3v) is 7.39. The summed E-state index contributed by atoms with van der Waals surface area (Å²) in [6, 6.07) is 11.4. The van der Waals surface area contributed by atoms with Gasteiger partial charge in [-0.2, -0.15) is 0 Å². The Kier molecular flexibility index (Phi) is 8.72. The van der Waals surface area contributed by atoms with Crippen molar-refractivity contribution in [3.63, 3.8) is 0 Å². The van der Waals surface area contributed by atoms with Crippen LogP contribution in [0.3, 0.4) is 0 Å². The Morgan fingerprint density at radius 3 is 2.48 bits per heavy atom. The second-order valence-corrected chi connectivity index (χ2v) is 10.4. The number of hydrogen-bond donors (Lipinski definition) is 1. The lowest BCUT2D eigenvalue weighted by Crippen LogP contribution is -2.08. The predicted octanol–water partition coefficient (Wildman–Crippen LogP) is 7.75. The van der Waals surface area contributed by atoms with Crippen molar-refractivity contribution in [2.24, 2.45) is 11.7 Å². The number of aryl methyl sites for hydroxylation is 2. The molecular formula is C26H27Cl3N2OS. The van der Waals surface area contributed by atoms with Gasteiger partial charge < -0.3 is 10.5 Å². The second-order valence-electron chi connectivity index (χ2n) is 8.31. The minimum absolute atomic E-state index is 0. The number of rotatable bonds is 6. The summed E-state index contributed by atoms with van der Waals surface area (Å²) < 4.78 is 5.37. The molecule has 0 bridgehead atoms. The molecule has 0 saturated heterocycles. The van der Waals surface area contributed by atoms with Gasteiger partial charge in [0, 0.05) is 21.4 Å². The van der Waals surface area contributed by atoms with Crippen LogP contribution in [0.5, 0.6) is 5.75 Å². The lowest BCUT2D eigenvalue weighted by Gasteiger charge is -2.11. The molecule has 33 heavy (non-hydrogen) atoms. The van der Waals surface area contributed by atoms with E-state index in [0.29, 0.717) is 5.02 Å². The van der Waals surface area contributed by atoms with Crippen LogP contribution in [0.4, 0.5) is 0 Å². The molecule has 0 aliphatic heterocycles. The van der Waals surface area contributed by atoms with E-state index >= 15 is 0 Å².